The molecule has 2 aliphatic rings. The van der Waals surface area contributed by atoms with Crippen molar-refractivity contribution in [1.29, 1.82) is 0 Å². The van der Waals surface area contributed by atoms with Crippen molar-refractivity contribution in [2.75, 3.05) is 10.2 Å². The van der Waals surface area contributed by atoms with Crippen LogP contribution < -0.4 is 10.2 Å². The molecule has 0 bridgehead atoms. The summed E-state index contributed by atoms with van der Waals surface area (Å²) in [6.07, 6.45) is 0.873. The second-order valence-electron chi connectivity index (χ2n) is 5.34. The average Bonchev–Trinajstić information content (AvgIpc) is 2.78. The molecule has 0 unspecified atom stereocenters. The molecule has 0 atom stereocenters. The maximum absolute atomic E-state index is 12.6. The summed E-state index contributed by atoms with van der Waals surface area (Å²) in [5, 5.41) is 2.79. The van der Waals surface area contributed by atoms with Crippen LogP contribution in [0, 0.1) is 0 Å². The molecule has 5 heteroatoms. The first-order chi connectivity index (χ1) is 10.7. The van der Waals surface area contributed by atoms with Gasteiger partial charge in [0.2, 0.25) is 5.91 Å². The van der Waals surface area contributed by atoms with E-state index in [9.17, 15) is 14.4 Å². The van der Waals surface area contributed by atoms with Crippen molar-refractivity contribution in [1.82, 2.24) is 0 Å². The fourth-order valence-corrected chi connectivity index (χ4v) is 3.02. The molecule has 22 heavy (non-hydrogen) atoms. The van der Waals surface area contributed by atoms with Crippen LogP contribution in [0.3, 0.4) is 0 Å². The third-order valence-electron chi connectivity index (χ3n) is 4.06. The van der Waals surface area contributed by atoms with Crippen molar-refractivity contribution in [2.24, 2.45) is 0 Å². The van der Waals surface area contributed by atoms with Crippen LogP contribution in [0.15, 0.2) is 42.5 Å². The van der Waals surface area contributed by atoms with Gasteiger partial charge in [-0.3, -0.25) is 14.4 Å². The summed E-state index contributed by atoms with van der Waals surface area (Å²) in [6, 6.07) is 12.1. The molecule has 0 saturated heterocycles. The van der Waals surface area contributed by atoms with Crippen molar-refractivity contribution in [3.8, 4) is 0 Å². The highest BCUT2D eigenvalue weighted by Gasteiger charge is 2.38. The number of nitrogens with one attached hydrogen (secondary N) is 1. The number of nitrogens with zero attached hydrogens (tertiary/aromatic N) is 1. The smallest absolute Gasteiger partial charge is 0.266 e. The Hall–Kier alpha value is -2.95. The number of hydrogen-bond acceptors (Lipinski definition) is 3. The summed E-state index contributed by atoms with van der Waals surface area (Å²) < 4.78 is 0. The summed E-state index contributed by atoms with van der Waals surface area (Å²) in [5.41, 5.74) is 2.90. The van der Waals surface area contributed by atoms with Crippen LogP contribution >= 0.6 is 0 Å². The Labute approximate surface area is 126 Å². The standard InChI is InChI=1S/C17H12N2O3/c20-15-9-8-12-13(18-15)6-3-7-14(12)19-16(21)10-4-1-2-5-11(10)17(19)22/h1-7H,8-9H2,(H,18,20). The minimum atomic E-state index is -0.314. The molecule has 1 N–H and O–H groups in total. The van der Waals surface area contributed by atoms with Crippen molar-refractivity contribution >= 4 is 29.1 Å². The molecular formula is C17H12N2O3. The van der Waals surface area contributed by atoms with Crippen molar-refractivity contribution in [3.63, 3.8) is 0 Å². The summed E-state index contributed by atoms with van der Waals surface area (Å²) in [5.74, 6) is -0.677. The minimum Gasteiger partial charge on any atom is -0.326 e. The Kier molecular flexibility index (Phi) is 2.63. The molecule has 0 aromatic heterocycles. The Morgan fingerprint density at radius 2 is 1.50 bits per heavy atom. The predicted molar refractivity (Wildman–Crippen MR) is 81.0 cm³/mol. The molecule has 108 valence electrons. The molecule has 0 radical (unpaired) electrons. The number of carbonyl (C=O) groups is 3. The molecule has 2 aromatic carbocycles. The first-order valence-electron chi connectivity index (χ1n) is 7.06. The molecule has 0 aliphatic carbocycles. The Morgan fingerprint density at radius 1 is 0.818 bits per heavy atom. The maximum atomic E-state index is 12.6. The van der Waals surface area contributed by atoms with Gasteiger partial charge in [0, 0.05) is 17.7 Å². The van der Waals surface area contributed by atoms with Gasteiger partial charge in [0.1, 0.15) is 0 Å². The first-order valence-corrected chi connectivity index (χ1v) is 7.06. The lowest BCUT2D eigenvalue weighted by Gasteiger charge is -2.23. The van der Waals surface area contributed by atoms with Crippen LogP contribution in [-0.4, -0.2) is 17.7 Å². The van der Waals surface area contributed by atoms with Crippen molar-refractivity contribution in [2.45, 2.75) is 12.8 Å². The van der Waals surface area contributed by atoms with E-state index in [1.54, 1.807) is 42.5 Å². The number of hydrogen-bond donors (Lipinski definition) is 1. The number of fused-ring (bicyclic) bond motifs is 2. The monoisotopic (exact) mass is 292 g/mol. The van der Waals surface area contributed by atoms with Crippen LogP contribution in [0.5, 0.6) is 0 Å². The topological polar surface area (TPSA) is 66.5 Å². The largest absolute Gasteiger partial charge is 0.326 e. The lowest BCUT2D eigenvalue weighted by Crippen LogP contribution is -2.31. The molecule has 2 heterocycles. The van der Waals surface area contributed by atoms with Crippen LogP contribution in [0.25, 0.3) is 0 Å². The van der Waals surface area contributed by atoms with Gasteiger partial charge in [0.05, 0.1) is 16.8 Å². The number of imide groups is 1. The van der Waals surface area contributed by atoms with E-state index >= 15 is 0 Å². The zero-order chi connectivity index (χ0) is 15.3. The van der Waals surface area contributed by atoms with Gasteiger partial charge < -0.3 is 5.32 Å². The second kappa shape index (κ2) is 4.53. The molecule has 0 saturated carbocycles. The average molecular weight is 292 g/mol. The lowest BCUT2D eigenvalue weighted by molar-refractivity contribution is -0.116. The Balaban J connectivity index is 1.85. The number of anilines is 2. The Bertz CT molecular complexity index is 807. The summed E-state index contributed by atoms with van der Waals surface area (Å²) in [7, 11) is 0. The molecule has 2 aliphatic heterocycles. The van der Waals surface area contributed by atoms with E-state index in [4.69, 9.17) is 0 Å². The van der Waals surface area contributed by atoms with E-state index < -0.39 is 0 Å². The minimum absolute atomic E-state index is 0.0491. The second-order valence-corrected chi connectivity index (χ2v) is 5.34. The fraction of sp³-hybridized carbons (Fsp3) is 0.118. The van der Waals surface area contributed by atoms with Gasteiger partial charge in [0.25, 0.3) is 11.8 Å². The van der Waals surface area contributed by atoms with Crippen molar-refractivity contribution in [3.05, 3.63) is 59.2 Å². The zero-order valence-corrected chi connectivity index (χ0v) is 11.6. The molecule has 2 aromatic rings. The van der Waals surface area contributed by atoms with Crippen LogP contribution in [-0.2, 0) is 11.2 Å². The third-order valence-corrected chi connectivity index (χ3v) is 4.06. The van der Waals surface area contributed by atoms with Gasteiger partial charge in [-0.2, -0.15) is 0 Å². The fourth-order valence-electron chi connectivity index (χ4n) is 3.02. The number of carbonyl (C=O) groups excluding carboxylic acids is 3. The molecule has 0 spiro atoms. The van der Waals surface area contributed by atoms with Gasteiger partial charge >= 0.3 is 0 Å². The first kappa shape index (κ1) is 12.8. The van der Waals surface area contributed by atoms with E-state index in [0.29, 0.717) is 35.3 Å². The molecule has 0 fully saturated rings. The van der Waals surface area contributed by atoms with E-state index in [2.05, 4.69) is 5.32 Å². The van der Waals surface area contributed by atoms with E-state index in [-0.39, 0.29) is 17.7 Å². The highest BCUT2D eigenvalue weighted by Crippen LogP contribution is 2.36. The molecule has 4 rings (SSSR count). The molecular weight excluding hydrogens is 280 g/mol. The number of benzene rings is 2. The van der Waals surface area contributed by atoms with Crippen molar-refractivity contribution < 1.29 is 14.4 Å². The quantitative estimate of drug-likeness (QED) is 0.821. The normalized spacial score (nSPS) is 16.4. The lowest BCUT2D eigenvalue weighted by atomic mass is 10.0. The van der Waals surface area contributed by atoms with Crippen LogP contribution in [0.1, 0.15) is 32.7 Å². The SMILES string of the molecule is O=C1CCc2c(cccc2N2C(=O)c3ccccc3C2=O)N1. The summed E-state index contributed by atoms with van der Waals surface area (Å²) >= 11 is 0. The summed E-state index contributed by atoms with van der Waals surface area (Å²) in [4.78, 5) is 37.9. The van der Waals surface area contributed by atoms with Gasteiger partial charge in [-0.25, -0.2) is 4.90 Å². The predicted octanol–water partition coefficient (Wildman–Crippen LogP) is 2.37. The molecule has 3 amide bonds. The third kappa shape index (κ3) is 1.69. The molecule has 5 nitrogen and oxygen atoms in total. The number of rotatable bonds is 1. The highest BCUT2D eigenvalue weighted by molar-refractivity contribution is 6.34. The summed E-state index contributed by atoms with van der Waals surface area (Å²) in [6.45, 7) is 0. The van der Waals surface area contributed by atoms with E-state index in [0.717, 1.165) is 5.56 Å². The zero-order valence-electron chi connectivity index (χ0n) is 11.6. The van der Waals surface area contributed by atoms with Gasteiger partial charge in [0.15, 0.2) is 0 Å². The highest BCUT2D eigenvalue weighted by atomic mass is 16.2. The van der Waals surface area contributed by atoms with Gasteiger partial charge in [-0.1, -0.05) is 18.2 Å². The van der Waals surface area contributed by atoms with E-state index in [1.807, 2.05) is 0 Å². The van der Waals surface area contributed by atoms with E-state index in [1.165, 1.54) is 4.90 Å². The maximum Gasteiger partial charge on any atom is 0.266 e. The number of amides is 3. The van der Waals surface area contributed by atoms with Crippen LogP contribution in [0.4, 0.5) is 11.4 Å². The Morgan fingerprint density at radius 3 is 2.18 bits per heavy atom. The van der Waals surface area contributed by atoms with Gasteiger partial charge in [-0.15, -0.1) is 0 Å². The van der Waals surface area contributed by atoms with Gasteiger partial charge in [-0.05, 0) is 30.7 Å². The van der Waals surface area contributed by atoms with Crippen LogP contribution in [0.2, 0.25) is 0 Å².